The molecule has 114 valence electrons. The molecular formula is C17H33BN2. The molecular weight excluding hydrogens is 243 g/mol. The molecule has 0 aromatic rings. The number of likely N-dealkylation sites (tertiary alicyclic amines) is 1. The Morgan fingerprint density at radius 1 is 1.10 bits per heavy atom. The van der Waals surface area contributed by atoms with Gasteiger partial charge in [0, 0.05) is 24.5 Å². The van der Waals surface area contributed by atoms with E-state index in [0.717, 1.165) is 17.8 Å². The van der Waals surface area contributed by atoms with Crippen molar-refractivity contribution in [2.24, 2.45) is 10.9 Å². The topological polar surface area (TPSA) is 15.6 Å². The summed E-state index contributed by atoms with van der Waals surface area (Å²) in [6.45, 7) is 9.10. The van der Waals surface area contributed by atoms with Crippen molar-refractivity contribution in [2.45, 2.75) is 96.6 Å². The summed E-state index contributed by atoms with van der Waals surface area (Å²) < 4.78 is 0. The molecule has 3 unspecified atom stereocenters. The third-order valence-electron chi connectivity index (χ3n) is 5.01. The Morgan fingerprint density at radius 3 is 2.45 bits per heavy atom. The van der Waals surface area contributed by atoms with Crippen LogP contribution in [-0.2, 0) is 0 Å². The highest BCUT2D eigenvalue weighted by atomic mass is 15.3. The molecule has 1 heterocycles. The average molecular weight is 276 g/mol. The molecule has 0 amide bonds. The van der Waals surface area contributed by atoms with E-state index in [4.69, 9.17) is 4.99 Å². The third-order valence-corrected chi connectivity index (χ3v) is 5.01. The second-order valence-electron chi connectivity index (χ2n) is 7.65. The van der Waals surface area contributed by atoms with E-state index >= 15 is 0 Å². The highest BCUT2D eigenvalue weighted by Crippen LogP contribution is 2.39. The minimum atomic E-state index is 0.427. The van der Waals surface area contributed by atoms with Gasteiger partial charge in [0.1, 0.15) is 13.7 Å². The second kappa shape index (κ2) is 7.00. The molecule has 0 N–H and O–H groups in total. The zero-order valence-electron chi connectivity index (χ0n) is 14.2. The van der Waals surface area contributed by atoms with Crippen LogP contribution in [0.2, 0.25) is 5.82 Å². The van der Waals surface area contributed by atoms with Crippen LogP contribution in [0.25, 0.3) is 0 Å². The van der Waals surface area contributed by atoms with E-state index in [2.05, 4.69) is 40.4 Å². The first-order valence-corrected chi connectivity index (χ1v) is 8.84. The number of nitrogens with zero attached hydrogens (tertiary/aromatic N) is 2. The van der Waals surface area contributed by atoms with Crippen LogP contribution in [0.1, 0.15) is 72.6 Å². The van der Waals surface area contributed by atoms with Gasteiger partial charge in [-0.05, 0) is 40.0 Å². The predicted molar refractivity (Wildman–Crippen MR) is 91.4 cm³/mol. The lowest BCUT2D eigenvalue weighted by Crippen LogP contribution is -2.40. The molecule has 1 aliphatic heterocycles. The normalized spacial score (nSPS) is 34.2. The molecule has 0 aromatic heterocycles. The number of hydrogen-bond acceptors (Lipinski definition) is 1. The van der Waals surface area contributed by atoms with E-state index in [1.807, 2.05) is 0 Å². The monoisotopic (exact) mass is 276 g/mol. The molecule has 2 nitrogen and oxygen atoms in total. The van der Waals surface area contributed by atoms with Gasteiger partial charge in [0.05, 0.1) is 0 Å². The Balaban J connectivity index is 2.21. The number of fused-ring (bicyclic) bond motifs is 1. The van der Waals surface area contributed by atoms with Gasteiger partial charge in [-0.15, -0.1) is 0 Å². The molecule has 0 spiro atoms. The Hall–Kier alpha value is -0.465. The van der Waals surface area contributed by atoms with Gasteiger partial charge >= 0.3 is 0 Å². The lowest BCUT2D eigenvalue weighted by molar-refractivity contribution is 0.215. The van der Waals surface area contributed by atoms with Crippen LogP contribution in [0, 0.1) is 5.92 Å². The standard InChI is InChI=1S/C17H33BN2/c1-12(2)19-17-11-14-10-15(18)8-6-5-7-9-16(14)20(17)13(3)4/h12-16H,5-11,18H2,1-4H3/b19-17-. The highest BCUT2D eigenvalue weighted by molar-refractivity contribution is 6.11. The zero-order chi connectivity index (χ0) is 14.7. The van der Waals surface area contributed by atoms with Gasteiger partial charge in [0.25, 0.3) is 0 Å². The number of amidine groups is 1. The Bertz CT molecular complexity index is 338. The molecule has 0 bridgehead atoms. The van der Waals surface area contributed by atoms with Gasteiger partial charge in [-0.2, -0.15) is 0 Å². The van der Waals surface area contributed by atoms with Gasteiger partial charge in [-0.25, -0.2) is 0 Å². The third kappa shape index (κ3) is 3.80. The van der Waals surface area contributed by atoms with Crippen LogP contribution in [0.15, 0.2) is 4.99 Å². The Kier molecular flexibility index (Phi) is 5.57. The summed E-state index contributed by atoms with van der Waals surface area (Å²) in [5, 5.41) is 0. The molecule has 0 radical (unpaired) electrons. The van der Waals surface area contributed by atoms with Gasteiger partial charge < -0.3 is 4.90 Å². The summed E-state index contributed by atoms with van der Waals surface area (Å²) in [7, 11) is 2.46. The van der Waals surface area contributed by atoms with Gasteiger partial charge in [-0.3, -0.25) is 4.99 Å². The van der Waals surface area contributed by atoms with Crippen molar-refractivity contribution in [3.8, 4) is 0 Å². The van der Waals surface area contributed by atoms with Crippen molar-refractivity contribution >= 4 is 13.7 Å². The van der Waals surface area contributed by atoms with E-state index in [-0.39, 0.29) is 0 Å². The Morgan fingerprint density at radius 2 is 1.80 bits per heavy atom. The van der Waals surface area contributed by atoms with Crippen molar-refractivity contribution in [3.05, 3.63) is 0 Å². The summed E-state index contributed by atoms with van der Waals surface area (Å²) in [5.41, 5.74) is 0. The predicted octanol–water partition coefficient (Wildman–Crippen LogP) is 3.67. The fraction of sp³-hybridized carbons (Fsp3) is 0.941. The summed E-state index contributed by atoms with van der Waals surface area (Å²) in [4.78, 5) is 7.62. The van der Waals surface area contributed by atoms with Crippen LogP contribution < -0.4 is 0 Å². The first-order chi connectivity index (χ1) is 9.49. The van der Waals surface area contributed by atoms with Crippen LogP contribution >= 0.6 is 0 Å². The summed E-state index contributed by atoms with van der Waals surface area (Å²) in [6, 6.07) is 1.78. The number of aliphatic imine (C=N–C) groups is 1. The lowest BCUT2D eigenvalue weighted by Gasteiger charge is -2.33. The molecule has 2 fully saturated rings. The van der Waals surface area contributed by atoms with E-state index in [1.54, 1.807) is 0 Å². The van der Waals surface area contributed by atoms with Gasteiger partial charge in [0.2, 0.25) is 0 Å². The van der Waals surface area contributed by atoms with E-state index in [0.29, 0.717) is 12.1 Å². The van der Waals surface area contributed by atoms with Crippen molar-refractivity contribution in [3.63, 3.8) is 0 Å². The molecule has 1 aliphatic carbocycles. The van der Waals surface area contributed by atoms with Crippen molar-refractivity contribution in [1.29, 1.82) is 0 Å². The van der Waals surface area contributed by atoms with Crippen molar-refractivity contribution in [2.75, 3.05) is 0 Å². The fourth-order valence-corrected chi connectivity index (χ4v) is 4.27. The summed E-state index contributed by atoms with van der Waals surface area (Å²) in [6.07, 6.45) is 9.72. The smallest absolute Gasteiger partial charge is 0.105 e. The molecule has 2 rings (SSSR count). The first kappa shape index (κ1) is 15.9. The maximum Gasteiger partial charge on any atom is 0.105 e. The van der Waals surface area contributed by atoms with Crippen LogP contribution in [0.5, 0.6) is 0 Å². The largest absolute Gasteiger partial charge is 0.355 e. The lowest BCUT2D eigenvalue weighted by atomic mass is 9.75. The summed E-state index contributed by atoms with van der Waals surface area (Å²) >= 11 is 0. The Labute approximate surface area is 126 Å². The average Bonchev–Trinajstić information content (AvgIpc) is 2.67. The minimum absolute atomic E-state index is 0.427. The molecule has 3 atom stereocenters. The van der Waals surface area contributed by atoms with Crippen LogP contribution in [0.4, 0.5) is 0 Å². The van der Waals surface area contributed by atoms with Gasteiger partial charge in [0.15, 0.2) is 0 Å². The quantitative estimate of drug-likeness (QED) is 0.703. The maximum absolute atomic E-state index is 4.96. The molecule has 2 aliphatic rings. The van der Waals surface area contributed by atoms with Crippen molar-refractivity contribution < 1.29 is 0 Å². The number of rotatable bonds is 2. The molecule has 1 saturated carbocycles. The van der Waals surface area contributed by atoms with E-state index in [9.17, 15) is 0 Å². The molecule has 3 heteroatoms. The maximum atomic E-state index is 4.96. The van der Waals surface area contributed by atoms with Crippen LogP contribution in [0.3, 0.4) is 0 Å². The molecule has 20 heavy (non-hydrogen) atoms. The zero-order valence-corrected chi connectivity index (χ0v) is 14.2. The van der Waals surface area contributed by atoms with Crippen molar-refractivity contribution in [1.82, 2.24) is 4.90 Å². The molecule has 1 saturated heterocycles. The summed E-state index contributed by atoms with van der Waals surface area (Å²) in [5.74, 6) is 3.15. The number of hydrogen-bond donors (Lipinski definition) is 0. The first-order valence-electron chi connectivity index (χ1n) is 8.84. The van der Waals surface area contributed by atoms with Gasteiger partial charge in [-0.1, -0.05) is 37.9 Å². The SMILES string of the molecule is BC1CCCCCC2C(C/C(=N/C(C)C)N2C(C)C)C1. The minimum Gasteiger partial charge on any atom is -0.355 e. The molecule has 0 aromatic carbocycles. The highest BCUT2D eigenvalue weighted by Gasteiger charge is 2.39. The second-order valence-corrected chi connectivity index (χ2v) is 7.65. The van der Waals surface area contributed by atoms with Crippen LogP contribution in [-0.4, -0.2) is 36.7 Å². The van der Waals surface area contributed by atoms with E-state index < -0.39 is 0 Å². The van der Waals surface area contributed by atoms with E-state index in [1.165, 1.54) is 50.8 Å². The fourth-order valence-electron chi connectivity index (χ4n) is 4.27.